The first-order valence-electron chi connectivity index (χ1n) is 10.6. The number of aliphatic hydroxyl groups is 1. The molecule has 0 saturated heterocycles. The van der Waals surface area contributed by atoms with Gasteiger partial charge in [-0.3, -0.25) is 9.69 Å². The van der Waals surface area contributed by atoms with Crippen molar-refractivity contribution < 1.29 is 19.0 Å². The van der Waals surface area contributed by atoms with Crippen molar-refractivity contribution in [2.45, 2.75) is 44.8 Å². The normalized spacial score (nSPS) is 20.6. The Morgan fingerprint density at radius 1 is 1.26 bits per heavy atom. The van der Waals surface area contributed by atoms with Gasteiger partial charge in [0.1, 0.15) is 0 Å². The number of aliphatic hydroxyl groups excluding tert-OH is 1. The van der Waals surface area contributed by atoms with Crippen molar-refractivity contribution >= 4 is 5.91 Å². The van der Waals surface area contributed by atoms with Crippen molar-refractivity contribution in [2.75, 3.05) is 6.73 Å². The van der Waals surface area contributed by atoms with Crippen LogP contribution in [0.2, 0.25) is 0 Å². The van der Waals surface area contributed by atoms with E-state index in [-0.39, 0.29) is 30.0 Å². The van der Waals surface area contributed by atoms with E-state index in [1.165, 1.54) is 4.90 Å². The Bertz CT molecular complexity index is 1110. The van der Waals surface area contributed by atoms with Crippen LogP contribution in [0.1, 0.15) is 46.3 Å². The third-order valence-electron chi connectivity index (χ3n) is 6.36. The zero-order chi connectivity index (χ0) is 21.5. The number of halogens is 1. The molecule has 2 aromatic carbocycles. The van der Waals surface area contributed by atoms with Gasteiger partial charge in [-0.05, 0) is 73.6 Å². The molecule has 1 fully saturated rings. The second-order valence-electron chi connectivity index (χ2n) is 8.26. The zero-order valence-corrected chi connectivity index (χ0v) is 17.3. The summed E-state index contributed by atoms with van der Waals surface area (Å²) >= 11 is 0. The lowest BCUT2D eigenvalue weighted by Crippen LogP contribution is -2.48. The van der Waals surface area contributed by atoms with Crippen molar-refractivity contribution in [1.82, 2.24) is 14.7 Å². The van der Waals surface area contributed by atoms with Crippen LogP contribution in [-0.2, 0) is 6.42 Å². The molecule has 1 aliphatic heterocycles. The molecule has 1 aliphatic carbocycles. The number of carbonyl (C=O) groups is 1. The predicted molar refractivity (Wildman–Crippen MR) is 113 cm³/mol. The molecule has 5 rings (SSSR count). The highest BCUT2D eigenvalue weighted by Crippen LogP contribution is 2.36. The van der Waals surface area contributed by atoms with Gasteiger partial charge in [0.05, 0.1) is 23.4 Å². The van der Waals surface area contributed by atoms with Crippen LogP contribution in [0.4, 0.5) is 4.39 Å². The Kier molecular flexibility index (Phi) is 4.98. The van der Waals surface area contributed by atoms with Crippen molar-refractivity contribution in [1.29, 1.82) is 0 Å². The van der Waals surface area contributed by atoms with E-state index in [4.69, 9.17) is 4.74 Å². The summed E-state index contributed by atoms with van der Waals surface area (Å²) < 4.78 is 22.5. The number of ether oxygens (including phenoxy) is 1. The first kappa shape index (κ1) is 19.8. The van der Waals surface area contributed by atoms with E-state index in [1.54, 1.807) is 23.9 Å². The van der Waals surface area contributed by atoms with Gasteiger partial charge in [-0.25, -0.2) is 9.07 Å². The van der Waals surface area contributed by atoms with Crippen LogP contribution in [-0.4, -0.2) is 44.6 Å². The van der Waals surface area contributed by atoms with Gasteiger partial charge in [-0.2, -0.15) is 5.10 Å². The Morgan fingerprint density at radius 3 is 2.74 bits per heavy atom. The van der Waals surface area contributed by atoms with E-state index >= 15 is 4.39 Å². The van der Waals surface area contributed by atoms with Gasteiger partial charge in [0.25, 0.3) is 5.91 Å². The lowest BCUT2D eigenvalue weighted by Gasteiger charge is -2.35. The molecule has 2 heterocycles. The van der Waals surface area contributed by atoms with Crippen molar-refractivity contribution in [3.05, 3.63) is 76.9 Å². The highest BCUT2D eigenvalue weighted by atomic mass is 19.1. The van der Waals surface area contributed by atoms with Crippen LogP contribution in [0.25, 0.3) is 5.69 Å². The van der Waals surface area contributed by atoms with Gasteiger partial charge >= 0.3 is 0 Å². The molecule has 31 heavy (non-hydrogen) atoms. The minimum atomic E-state index is -0.558. The third-order valence-corrected chi connectivity index (χ3v) is 6.36. The topological polar surface area (TPSA) is 67.6 Å². The van der Waals surface area contributed by atoms with Crippen LogP contribution < -0.4 is 4.74 Å². The summed E-state index contributed by atoms with van der Waals surface area (Å²) in [5.41, 5.74) is 3.41. The first-order chi connectivity index (χ1) is 15.0. The average Bonchev–Trinajstić information content (AvgIpc) is 3.45. The van der Waals surface area contributed by atoms with Gasteiger partial charge < -0.3 is 9.84 Å². The summed E-state index contributed by atoms with van der Waals surface area (Å²) in [7, 11) is 0. The Morgan fingerprint density at radius 2 is 2.06 bits per heavy atom. The highest BCUT2D eigenvalue weighted by Gasteiger charge is 2.39. The monoisotopic (exact) mass is 421 g/mol. The standard InChI is InChI=1S/C24H24FN3O3/c1-15-17(12-16-6-8-18(9-7-16)28-11-3-10-26-28)13-19-23(22(15)25)31-14-27(24(19)30)20-4-2-5-21(20)29/h3,6-11,13,20-21,29H,2,4-5,12,14H2,1H3/t20-,21-/m0/s1. The zero-order valence-electron chi connectivity index (χ0n) is 17.3. The van der Waals surface area contributed by atoms with E-state index in [1.807, 2.05) is 36.5 Å². The maximum Gasteiger partial charge on any atom is 0.260 e. The second-order valence-corrected chi connectivity index (χ2v) is 8.26. The lowest BCUT2D eigenvalue weighted by molar-refractivity contribution is 0.0115. The fourth-order valence-corrected chi connectivity index (χ4v) is 4.55. The molecule has 0 radical (unpaired) electrons. The summed E-state index contributed by atoms with van der Waals surface area (Å²) in [6.45, 7) is 1.68. The maximum atomic E-state index is 15.1. The smallest absolute Gasteiger partial charge is 0.260 e. The molecule has 7 heteroatoms. The van der Waals surface area contributed by atoms with Crippen LogP contribution in [0.3, 0.4) is 0 Å². The molecule has 6 nitrogen and oxygen atoms in total. The second kappa shape index (κ2) is 7.81. The molecule has 2 atom stereocenters. The van der Waals surface area contributed by atoms with Gasteiger partial charge in [0.2, 0.25) is 0 Å². The van der Waals surface area contributed by atoms with E-state index < -0.39 is 11.9 Å². The van der Waals surface area contributed by atoms with Gasteiger partial charge in [0, 0.05) is 12.4 Å². The number of nitrogens with zero attached hydrogens (tertiary/aromatic N) is 3. The fourth-order valence-electron chi connectivity index (χ4n) is 4.55. The lowest BCUT2D eigenvalue weighted by atomic mass is 9.95. The molecular weight excluding hydrogens is 397 g/mol. The van der Waals surface area contributed by atoms with E-state index in [0.29, 0.717) is 18.4 Å². The quantitative estimate of drug-likeness (QED) is 0.699. The number of amides is 1. The molecule has 160 valence electrons. The average molecular weight is 421 g/mol. The summed E-state index contributed by atoms with van der Waals surface area (Å²) in [5, 5.41) is 14.4. The third kappa shape index (κ3) is 3.49. The summed E-state index contributed by atoms with van der Waals surface area (Å²) in [4.78, 5) is 14.7. The number of aromatic nitrogens is 2. The Hall–Kier alpha value is -3.19. The molecule has 3 aromatic rings. The van der Waals surface area contributed by atoms with E-state index in [9.17, 15) is 9.90 Å². The molecule has 0 spiro atoms. The molecule has 2 aliphatic rings. The van der Waals surface area contributed by atoms with Crippen molar-refractivity contribution in [2.24, 2.45) is 0 Å². The van der Waals surface area contributed by atoms with E-state index in [0.717, 1.165) is 29.7 Å². The van der Waals surface area contributed by atoms with Crippen LogP contribution in [0.15, 0.2) is 48.8 Å². The number of fused-ring (bicyclic) bond motifs is 1. The highest BCUT2D eigenvalue weighted by molar-refractivity contribution is 5.98. The minimum absolute atomic E-state index is 0.0176. The molecular formula is C24H24FN3O3. The van der Waals surface area contributed by atoms with E-state index in [2.05, 4.69) is 5.10 Å². The number of carbonyl (C=O) groups excluding carboxylic acids is 1. The van der Waals surface area contributed by atoms with Crippen molar-refractivity contribution in [3.63, 3.8) is 0 Å². The number of hydrogen-bond donors (Lipinski definition) is 1. The maximum absolute atomic E-state index is 15.1. The molecule has 1 aromatic heterocycles. The van der Waals surface area contributed by atoms with Crippen molar-refractivity contribution in [3.8, 4) is 11.4 Å². The van der Waals surface area contributed by atoms with Gasteiger partial charge in [-0.15, -0.1) is 0 Å². The first-order valence-corrected chi connectivity index (χ1v) is 10.6. The predicted octanol–water partition coefficient (Wildman–Crippen LogP) is 3.62. The Balaban J connectivity index is 1.43. The largest absolute Gasteiger partial charge is 0.469 e. The van der Waals surface area contributed by atoms with Crippen LogP contribution >= 0.6 is 0 Å². The molecule has 1 amide bonds. The fraction of sp³-hybridized carbons (Fsp3) is 0.333. The molecule has 1 saturated carbocycles. The Labute approximate surface area is 179 Å². The van der Waals surface area contributed by atoms with Crippen LogP contribution in [0, 0.1) is 12.7 Å². The van der Waals surface area contributed by atoms with Gasteiger partial charge in [0.15, 0.2) is 18.3 Å². The molecule has 1 N–H and O–H groups in total. The number of hydrogen-bond acceptors (Lipinski definition) is 4. The summed E-state index contributed by atoms with van der Waals surface area (Å²) in [6, 6.07) is 11.2. The van der Waals surface area contributed by atoms with Gasteiger partial charge in [-0.1, -0.05) is 12.1 Å². The minimum Gasteiger partial charge on any atom is -0.469 e. The summed E-state index contributed by atoms with van der Waals surface area (Å²) in [6.07, 6.45) is 5.80. The number of rotatable bonds is 4. The molecule has 0 bridgehead atoms. The number of benzene rings is 2. The summed E-state index contributed by atoms with van der Waals surface area (Å²) in [5.74, 6) is -0.744. The van der Waals surface area contributed by atoms with Crippen LogP contribution in [0.5, 0.6) is 5.75 Å². The molecule has 0 unspecified atom stereocenters. The SMILES string of the molecule is Cc1c(Cc2ccc(-n3cccn3)cc2)cc2c(c1F)OCN([C@H]1CCC[C@@H]1O)C2=O.